The summed E-state index contributed by atoms with van der Waals surface area (Å²) in [6.07, 6.45) is 2.22. The first-order valence-corrected chi connectivity index (χ1v) is 9.29. The van der Waals surface area contributed by atoms with Gasteiger partial charge in [-0.2, -0.15) is 0 Å². The molecule has 2 aliphatic rings. The second kappa shape index (κ2) is 6.85. The third-order valence-electron chi connectivity index (χ3n) is 5.89. The predicted molar refractivity (Wildman–Crippen MR) is 102 cm³/mol. The number of nitrogens with zero attached hydrogens (tertiary/aromatic N) is 3. The van der Waals surface area contributed by atoms with Crippen LogP contribution in [0.2, 0.25) is 0 Å². The highest BCUT2D eigenvalue weighted by molar-refractivity contribution is 5.99. The fourth-order valence-corrected chi connectivity index (χ4v) is 4.26. The van der Waals surface area contributed by atoms with Gasteiger partial charge in [0.1, 0.15) is 5.75 Å². The highest BCUT2D eigenvalue weighted by Gasteiger charge is 2.44. The van der Waals surface area contributed by atoms with Gasteiger partial charge in [-0.25, -0.2) is 4.79 Å². The Labute approximate surface area is 162 Å². The van der Waals surface area contributed by atoms with E-state index in [4.69, 9.17) is 9.26 Å². The number of carbonyl (C=O) groups is 2. The fourth-order valence-electron chi connectivity index (χ4n) is 4.26. The van der Waals surface area contributed by atoms with E-state index in [1.54, 1.807) is 36.3 Å². The van der Waals surface area contributed by atoms with Crippen molar-refractivity contribution in [2.75, 3.05) is 38.7 Å². The van der Waals surface area contributed by atoms with E-state index in [-0.39, 0.29) is 22.6 Å². The maximum atomic E-state index is 12.0. The van der Waals surface area contributed by atoms with Gasteiger partial charge in [-0.3, -0.25) is 4.79 Å². The summed E-state index contributed by atoms with van der Waals surface area (Å²) in [5.41, 5.74) is 0.697. The Kier molecular flexibility index (Phi) is 4.49. The van der Waals surface area contributed by atoms with Crippen LogP contribution in [0, 0.1) is 5.41 Å². The molecule has 2 saturated heterocycles. The number of amides is 1. The molecule has 148 valence electrons. The number of carbonyl (C=O) groups excluding carboxylic acids is 1. The highest BCUT2D eigenvalue weighted by Crippen LogP contribution is 2.42. The van der Waals surface area contributed by atoms with Crippen LogP contribution in [0.5, 0.6) is 5.75 Å². The van der Waals surface area contributed by atoms with Crippen molar-refractivity contribution >= 4 is 17.7 Å². The van der Waals surface area contributed by atoms with Crippen LogP contribution < -0.4 is 9.64 Å². The first-order chi connectivity index (χ1) is 13.4. The van der Waals surface area contributed by atoms with E-state index in [1.165, 1.54) is 0 Å². The number of carboxylic acids is 1. The second-order valence-corrected chi connectivity index (χ2v) is 7.66. The van der Waals surface area contributed by atoms with E-state index in [2.05, 4.69) is 5.16 Å². The molecule has 4 rings (SSSR count). The molecule has 1 N–H and O–H groups in total. The molecule has 2 aliphatic heterocycles. The molecular weight excluding hydrogens is 362 g/mol. The number of hydrogen-bond acceptors (Lipinski definition) is 6. The molecule has 1 spiro atoms. The summed E-state index contributed by atoms with van der Waals surface area (Å²) in [5, 5.41) is 13.9. The van der Waals surface area contributed by atoms with Crippen molar-refractivity contribution in [1.82, 2.24) is 10.1 Å². The van der Waals surface area contributed by atoms with Crippen LogP contribution in [-0.2, 0) is 4.79 Å². The van der Waals surface area contributed by atoms with E-state index in [0.29, 0.717) is 36.6 Å². The van der Waals surface area contributed by atoms with Gasteiger partial charge in [-0.15, -0.1) is 0 Å². The Morgan fingerprint density at radius 1 is 1.25 bits per heavy atom. The molecule has 1 aromatic heterocycles. The Hall–Kier alpha value is -3.03. The number of ether oxygens (including phenoxy) is 1. The smallest absolute Gasteiger partial charge is 0.343 e. The summed E-state index contributed by atoms with van der Waals surface area (Å²) in [4.78, 5) is 27.7. The predicted octanol–water partition coefficient (Wildman–Crippen LogP) is 2.50. The van der Waals surface area contributed by atoms with Crippen LogP contribution in [0.1, 0.15) is 29.6 Å². The molecule has 8 nitrogen and oxygen atoms in total. The number of hydrogen-bond donors (Lipinski definition) is 1. The average molecular weight is 385 g/mol. The largest absolute Gasteiger partial charge is 0.497 e. The van der Waals surface area contributed by atoms with Crippen molar-refractivity contribution in [3.63, 3.8) is 0 Å². The first kappa shape index (κ1) is 18.3. The van der Waals surface area contributed by atoms with Gasteiger partial charge in [0, 0.05) is 44.1 Å². The van der Waals surface area contributed by atoms with Gasteiger partial charge >= 0.3 is 5.97 Å². The Balaban J connectivity index is 1.58. The average Bonchev–Trinajstić information content (AvgIpc) is 3.24. The molecule has 3 heterocycles. The third-order valence-corrected chi connectivity index (χ3v) is 5.89. The van der Waals surface area contributed by atoms with Gasteiger partial charge < -0.3 is 24.2 Å². The Morgan fingerprint density at radius 3 is 2.46 bits per heavy atom. The molecule has 0 saturated carbocycles. The maximum absolute atomic E-state index is 12.0. The molecule has 28 heavy (non-hydrogen) atoms. The maximum Gasteiger partial charge on any atom is 0.343 e. The standard InChI is InChI=1S/C20H23N3O5/c1-22-12-20(11-15(22)24)7-9-23(10-8-20)18-16(19(25)26)17(28-21-18)13-3-5-14(27-2)6-4-13/h3-6H,7-12H2,1-2H3,(H,25,26). The quantitative estimate of drug-likeness (QED) is 0.864. The van der Waals surface area contributed by atoms with E-state index in [1.807, 2.05) is 11.9 Å². The van der Waals surface area contributed by atoms with Crippen LogP contribution in [-0.4, -0.2) is 60.8 Å². The SMILES string of the molecule is COc1ccc(-c2onc(N3CCC4(CC3)CC(=O)N(C)C4)c2C(=O)O)cc1. The lowest BCUT2D eigenvalue weighted by Crippen LogP contribution is -2.42. The van der Waals surface area contributed by atoms with Gasteiger partial charge in [-0.1, -0.05) is 5.16 Å². The number of methoxy groups -OCH3 is 1. The number of aromatic nitrogens is 1. The number of rotatable bonds is 4. The minimum Gasteiger partial charge on any atom is -0.497 e. The van der Waals surface area contributed by atoms with Gasteiger partial charge in [0.15, 0.2) is 17.1 Å². The topological polar surface area (TPSA) is 96.1 Å². The lowest BCUT2D eigenvalue weighted by molar-refractivity contribution is -0.126. The molecule has 0 bridgehead atoms. The number of anilines is 1. The molecule has 1 aromatic carbocycles. The molecular formula is C20H23N3O5. The first-order valence-electron chi connectivity index (χ1n) is 9.29. The molecule has 0 radical (unpaired) electrons. The monoisotopic (exact) mass is 385 g/mol. The van der Waals surface area contributed by atoms with Gasteiger partial charge in [0.2, 0.25) is 5.91 Å². The van der Waals surface area contributed by atoms with Crippen molar-refractivity contribution in [1.29, 1.82) is 0 Å². The zero-order valence-corrected chi connectivity index (χ0v) is 16.0. The van der Waals surface area contributed by atoms with Crippen molar-refractivity contribution in [2.45, 2.75) is 19.3 Å². The number of piperidine rings is 1. The number of carboxylic acid groups (broad SMARTS) is 1. The normalized spacial score (nSPS) is 18.7. The van der Waals surface area contributed by atoms with Gasteiger partial charge in [-0.05, 0) is 37.1 Å². The third kappa shape index (κ3) is 3.08. The van der Waals surface area contributed by atoms with Gasteiger partial charge in [0.05, 0.1) is 7.11 Å². The molecule has 1 amide bonds. The minimum atomic E-state index is -1.07. The molecule has 8 heteroatoms. The summed E-state index contributed by atoms with van der Waals surface area (Å²) in [5.74, 6) is 0.380. The summed E-state index contributed by atoms with van der Waals surface area (Å²) in [7, 11) is 3.41. The molecule has 0 aliphatic carbocycles. The lowest BCUT2D eigenvalue weighted by Gasteiger charge is -2.38. The number of benzene rings is 1. The highest BCUT2D eigenvalue weighted by atomic mass is 16.5. The van der Waals surface area contributed by atoms with E-state index < -0.39 is 5.97 Å². The van der Waals surface area contributed by atoms with Crippen molar-refractivity contribution < 1.29 is 24.0 Å². The number of aromatic carboxylic acids is 1. The van der Waals surface area contributed by atoms with Crippen molar-refractivity contribution in [2.24, 2.45) is 5.41 Å². The minimum absolute atomic E-state index is 0.00569. The zero-order chi connectivity index (χ0) is 19.9. The molecule has 2 fully saturated rings. The molecule has 2 aromatic rings. The van der Waals surface area contributed by atoms with Crippen LogP contribution in [0.15, 0.2) is 28.8 Å². The van der Waals surface area contributed by atoms with Crippen LogP contribution in [0.25, 0.3) is 11.3 Å². The zero-order valence-electron chi connectivity index (χ0n) is 16.0. The van der Waals surface area contributed by atoms with Crippen molar-refractivity contribution in [3.8, 4) is 17.1 Å². The van der Waals surface area contributed by atoms with Crippen LogP contribution >= 0.6 is 0 Å². The Morgan fingerprint density at radius 2 is 1.93 bits per heavy atom. The summed E-state index contributed by atoms with van der Waals surface area (Å²) < 4.78 is 10.6. The number of likely N-dealkylation sites (tertiary alicyclic amines) is 1. The fraction of sp³-hybridized carbons (Fsp3) is 0.450. The lowest BCUT2D eigenvalue weighted by atomic mass is 9.77. The molecule has 0 unspecified atom stereocenters. The van der Waals surface area contributed by atoms with E-state index in [0.717, 1.165) is 19.4 Å². The molecule has 0 atom stereocenters. The Bertz CT molecular complexity index is 897. The summed E-state index contributed by atoms with van der Waals surface area (Å²) in [6, 6.07) is 7.00. The van der Waals surface area contributed by atoms with Crippen LogP contribution in [0.4, 0.5) is 5.82 Å². The van der Waals surface area contributed by atoms with Gasteiger partial charge in [0.25, 0.3) is 0 Å². The van der Waals surface area contributed by atoms with Crippen LogP contribution in [0.3, 0.4) is 0 Å². The van der Waals surface area contributed by atoms with E-state index >= 15 is 0 Å². The van der Waals surface area contributed by atoms with Crippen molar-refractivity contribution in [3.05, 3.63) is 29.8 Å². The summed E-state index contributed by atoms with van der Waals surface area (Å²) >= 11 is 0. The second-order valence-electron chi connectivity index (χ2n) is 7.66. The summed E-state index contributed by atoms with van der Waals surface area (Å²) in [6.45, 7) is 2.06. The van der Waals surface area contributed by atoms with E-state index in [9.17, 15) is 14.7 Å².